The van der Waals surface area contributed by atoms with Crippen LogP contribution in [0, 0.1) is 5.82 Å². The van der Waals surface area contributed by atoms with Crippen LogP contribution in [0.2, 0.25) is 0 Å². The van der Waals surface area contributed by atoms with Crippen molar-refractivity contribution in [2.75, 3.05) is 6.54 Å². The summed E-state index contributed by atoms with van der Waals surface area (Å²) in [6.45, 7) is 3.28. The van der Waals surface area contributed by atoms with E-state index in [0.29, 0.717) is 18.9 Å². The summed E-state index contributed by atoms with van der Waals surface area (Å²) >= 11 is 0. The third-order valence-electron chi connectivity index (χ3n) is 6.74. The second kappa shape index (κ2) is 6.66. The van der Waals surface area contributed by atoms with E-state index in [2.05, 4.69) is 15.3 Å². The third-order valence-corrected chi connectivity index (χ3v) is 6.74. The molecule has 2 aromatic carbocycles. The van der Waals surface area contributed by atoms with Crippen molar-refractivity contribution in [3.8, 4) is 0 Å². The lowest BCUT2D eigenvalue weighted by molar-refractivity contribution is 0.0625. The second-order valence-corrected chi connectivity index (χ2v) is 8.28. The average Bonchev–Trinajstić information content (AvgIpc) is 3.03. The van der Waals surface area contributed by atoms with Gasteiger partial charge in [0.1, 0.15) is 5.82 Å². The number of aromatic amines is 1. The Morgan fingerprint density at radius 1 is 1.24 bits per heavy atom. The Balaban J connectivity index is 1.38. The van der Waals surface area contributed by atoms with Crippen LogP contribution in [0.5, 0.6) is 0 Å². The number of halogens is 1. The molecule has 150 valence electrons. The number of amides is 1. The van der Waals surface area contributed by atoms with Crippen molar-refractivity contribution in [2.24, 2.45) is 0 Å². The standard InChI is InChI=1S/C23H25FN4O/c1-2-28(21(29)20-26-18-9-3-4-10-19(18)27-20)23-12-6-11-22(23,15-23)25-14-16-7-5-8-17(24)13-16/h3-5,7-10,13,25H,2,6,11-12,14-15H2,1H3,(H,26,27)/t22-,23-/m0/s1. The lowest BCUT2D eigenvalue weighted by Gasteiger charge is -2.32. The maximum atomic E-state index is 13.5. The van der Waals surface area contributed by atoms with E-state index in [1.807, 2.05) is 42.2 Å². The van der Waals surface area contributed by atoms with Crippen molar-refractivity contribution in [1.29, 1.82) is 0 Å². The number of carbonyl (C=O) groups excluding carboxylic acids is 1. The number of aromatic nitrogens is 2. The molecule has 29 heavy (non-hydrogen) atoms. The lowest BCUT2D eigenvalue weighted by Crippen LogP contribution is -2.49. The molecule has 5 rings (SSSR count). The predicted molar refractivity (Wildman–Crippen MR) is 110 cm³/mol. The molecule has 1 heterocycles. The monoisotopic (exact) mass is 392 g/mol. The van der Waals surface area contributed by atoms with Crippen LogP contribution in [0.15, 0.2) is 48.5 Å². The van der Waals surface area contributed by atoms with E-state index in [1.54, 1.807) is 12.1 Å². The van der Waals surface area contributed by atoms with Gasteiger partial charge in [0.15, 0.2) is 5.82 Å². The van der Waals surface area contributed by atoms with E-state index in [9.17, 15) is 9.18 Å². The molecule has 1 aromatic heterocycles. The quantitative estimate of drug-likeness (QED) is 0.666. The zero-order chi connectivity index (χ0) is 20.1. The number of nitrogens with one attached hydrogen (secondary N) is 2. The van der Waals surface area contributed by atoms with Gasteiger partial charge < -0.3 is 15.2 Å². The molecule has 2 N–H and O–H groups in total. The molecule has 6 heteroatoms. The molecule has 3 aromatic rings. The third kappa shape index (κ3) is 2.85. The molecule has 2 fully saturated rings. The molecule has 0 spiro atoms. The van der Waals surface area contributed by atoms with Gasteiger partial charge in [-0.2, -0.15) is 0 Å². The van der Waals surface area contributed by atoms with Gasteiger partial charge in [0.05, 0.1) is 16.6 Å². The molecule has 5 nitrogen and oxygen atoms in total. The van der Waals surface area contributed by atoms with Crippen LogP contribution in [0.25, 0.3) is 11.0 Å². The molecule has 2 atom stereocenters. The number of hydrogen-bond donors (Lipinski definition) is 2. The molecule has 2 saturated carbocycles. The van der Waals surface area contributed by atoms with Gasteiger partial charge >= 0.3 is 0 Å². The Bertz CT molecular complexity index is 1050. The average molecular weight is 392 g/mol. The lowest BCUT2D eigenvalue weighted by atomic mass is 10.1. The fourth-order valence-electron chi connectivity index (χ4n) is 5.33. The summed E-state index contributed by atoms with van der Waals surface area (Å²) in [6, 6.07) is 14.4. The summed E-state index contributed by atoms with van der Waals surface area (Å²) in [7, 11) is 0. The van der Waals surface area contributed by atoms with Gasteiger partial charge in [0.2, 0.25) is 0 Å². The highest BCUT2D eigenvalue weighted by molar-refractivity contribution is 5.95. The number of nitrogens with zero attached hydrogens (tertiary/aromatic N) is 2. The van der Waals surface area contributed by atoms with E-state index in [0.717, 1.165) is 42.3 Å². The number of fused-ring (bicyclic) bond motifs is 2. The number of hydrogen-bond acceptors (Lipinski definition) is 3. The summed E-state index contributed by atoms with van der Waals surface area (Å²) in [5, 5.41) is 3.67. The van der Waals surface area contributed by atoms with E-state index < -0.39 is 0 Å². The van der Waals surface area contributed by atoms with Crippen LogP contribution in [-0.2, 0) is 6.54 Å². The van der Waals surface area contributed by atoms with E-state index in [-0.39, 0.29) is 22.8 Å². The van der Waals surface area contributed by atoms with Gasteiger partial charge in [0, 0.05) is 18.6 Å². The van der Waals surface area contributed by atoms with Crippen molar-refractivity contribution in [3.63, 3.8) is 0 Å². The van der Waals surface area contributed by atoms with Crippen LogP contribution >= 0.6 is 0 Å². The molecule has 2 aliphatic rings. The highest BCUT2D eigenvalue weighted by Gasteiger charge is 2.73. The number of para-hydroxylation sites is 2. The Morgan fingerprint density at radius 2 is 2.10 bits per heavy atom. The van der Waals surface area contributed by atoms with Gasteiger partial charge in [0.25, 0.3) is 5.91 Å². The van der Waals surface area contributed by atoms with Crippen LogP contribution in [-0.4, -0.2) is 38.4 Å². The Morgan fingerprint density at radius 3 is 2.90 bits per heavy atom. The highest BCUT2D eigenvalue weighted by Crippen LogP contribution is 2.63. The normalized spacial score (nSPS) is 25.2. The summed E-state index contributed by atoms with van der Waals surface area (Å²) in [4.78, 5) is 23.1. The maximum Gasteiger partial charge on any atom is 0.290 e. The van der Waals surface area contributed by atoms with Crippen LogP contribution in [0.3, 0.4) is 0 Å². The molecule has 0 saturated heterocycles. The molecule has 0 bridgehead atoms. The SMILES string of the molecule is CCN(C(=O)c1nc2ccccc2[nH]1)[C@]12CCC[C@]1(NCc1cccc(F)c1)C2. The summed E-state index contributed by atoms with van der Waals surface area (Å²) in [6.07, 6.45) is 4.05. The number of rotatable bonds is 6. The highest BCUT2D eigenvalue weighted by atomic mass is 19.1. The minimum Gasteiger partial charge on any atom is -0.334 e. The zero-order valence-electron chi connectivity index (χ0n) is 16.5. The Kier molecular flexibility index (Phi) is 4.21. The Hall–Kier alpha value is -2.73. The number of H-pyrrole nitrogens is 1. The van der Waals surface area contributed by atoms with Gasteiger partial charge in [-0.15, -0.1) is 0 Å². The van der Waals surface area contributed by atoms with Crippen molar-refractivity contribution < 1.29 is 9.18 Å². The first-order chi connectivity index (χ1) is 14.1. The van der Waals surface area contributed by atoms with Crippen LogP contribution in [0.1, 0.15) is 48.8 Å². The number of imidazole rings is 1. The second-order valence-electron chi connectivity index (χ2n) is 8.28. The summed E-state index contributed by atoms with van der Waals surface area (Å²) in [5.41, 5.74) is 2.35. The zero-order valence-corrected chi connectivity index (χ0v) is 16.5. The summed E-state index contributed by atoms with van der Waals surface area (Å²) < 4.78 is 13.5. The fourth-order valence-corrected chi connectivity index (χ4v) is 5.33. The first-order valence-corrected chi connectivity index (χ1v) is 10.3. The smallest absolute Gasteiger partial charge is 0.290 e. The fraction of sp³-hybridized carbons (Fsp3) is 0.391. The van der Waals surface area contributed by atoms with Gasteiger partial charge in [-0.1, -0.05) is 24.3 Å². The van der Waals surface area contributed by atoms with Gasteiger partial charge in [-0.3, -0.25) is 4.79 Å². The largest absolute Gasteiger partial charge is 0.334 e. The minimum absolute atomic E-state index is 0.0416. The molecule has 0 unspecified atom stereocenters. The van der Waals surface area contributed by atoms with Gasteiger partial charge in [-0.25, -0.2) is 9.37 Å². The molecule has 1 amide bonds. The van der Waals surface area contributed by atoms with E-state index in [1.165, 1.54) is 6.07 Å². The molecule has 0 aliphatic heterocycles. The first-order valence-electron chi connectivity index (χ1n) is 10.3. The van der Waals surface area contributed by atoms with Crippen LogP contribution in [0.4, 0.5) is 4.39 Å². The molecular weight excluding hydrogens is 367 g/mol. The van der Waals surface area contributed by atoms with Crippen molar-refractivity contribution in [1.82, 2.24) is 20.2 Å². The summed E-state index contributed by atoms with van der Waals surface area (Å²) in [5.74, 6) is 0.144. The topological polar surface area (TPSA) is 61.0 Å². The molecule has 2 aliphatic carbocycles. The van der Waals surface area contributed by atoms with Crippen molar-refractivity contribution >= 4 is 16.9 Å². The molecule has 0 radical (unpaired) electrons. The number of benzene rings is 2. The minimum atomic E-state index is -0.217. The van der Waals surface area contributed by atoms with E-state index >= 15 is 0 Å². The first kappa shape index (κ1) is 18.3. The number of likely N-dealkylation sites (N-methyl/N-ethyl adjacent to an activating group) is 1. The van der Waals surface area contributed by atoms with E-state index in [4.69, 9.17) is 0 Å². The maximum absolute atomic E-state index is 13.5. The van der Waals surface area contributed by atoms with Crippen molar-refractivity contribution in [3.05, 3.63) is 65.7 Å². The predicted octanol–water partition coefficient (Wildman–Crippen LogP) is 4.02. The van der Waals surface area contributed by atoms with Crippen molar-refractivity contribution in [2.45, 2.75) is 50.2 Å². The van der Waals surface area contributed by atoms with Crippen LogP contribution < -0.4 is 5.32 Å². The van der Waals surface area contributed by atoms with Gasteiger partial charge in [-0.05, 0) is 62.4 Å². The number of carbonyl (C=O) groups is 1. The Labute approximate surface area is 169 Å². The molecular formula is C23H25FN4O.